The van der Waals surface area contributed by atoms with E-state index in [1.165, 1.54) is 7.11 Å². The van der Waals surface area contributed by atoms with Gasteiger partial charge in [-0.25, -0.2) is 0 Å². The number of ether oxygens (including phenoxy) is 1. The molecule has 1 N–H and O–H groups in total. The lowest BCUT2D eigenvalue weighted by atomic mass is 10.1. The summed E-state index contributed by atoms with van der Waals surface area (Å²) >= 11 is 1.62. The zero-order chi connectivity index (χ0) is 15.8. The molecule has 0 atom stereocenters. The molecule has 3 aromatic rings. The minimum atomic E-state index is 0.00403. The molecule has 2 heterocycles. The second-order valence-electron chi connectivity index (χ2n) is 4.00. The van der Waals surface area contributed by atoms with Gasteiger partial charge in [-0.3, -0.25) is 9.59 Å². The molecule has 0 fully saturated rings. The Bertz CT molecular complexity index is 774. The van der Waals surface area contributed by atoms with E-state index >= 15 is 0 Å². The van der Waals surface area contributed by atoms with Crippen LogP contribution < -0.4 is 5.56 Å². The fourth-order valence-electron chi connectivity index (χ4n) is 1.85. The molecule has 0 saturated heterocycles. The molecule has 0 aliphatic rings. The van der Waals surface area contributed by atoms with E-state index in [4.69, 9.17) is 4.79 Å². The summed E-state index contributed by atoms with van der Waals surface area (Å²) in [4.78, 5) is 23.6. The van der Waals surface area contributed by atoms with Crippen LogP contribution in [0.1, 0.15) is 19.4 Å². The number of fused-ring (bicyclic) bond motifs is 3. The molecule has 1 aromatic carbocycles. The van der Waals surface area contributed by atoms with Crippen molar-refractivity contribution in [2.45, 2.75) is 20.8 Å². The Morgan fingerprint density at radius 2 is 1.86 bits per heavy atom. The predicted molar refractivity (Wildman–Crippen MR) is 89.1 cm³/mol. The van der Waals surface area contributed by atoms with Gasteiger partial charge in [0.05, 0.1) is 12.5 Å². The highest BCUT2D eigenvalue weighted by Gasteiger charge is 2.05. The highest BCUT2D eigenvalue weighted by molar-refractivity contribution is 7.18. The summed E-state index contributed by atoms with van der Waals surface area (Å²) in [5.74, 6) is 0. The van der Waals surface area contributed by atoms with E-state index in [0.29, 0.717) is 6.47 Å². The number of thiophene rings is 1. The van der Waals surface area contributed by atoms with Crippen LogP contribution in [0.25, 0.3) is 21.0 Å². The van der Waals surface area contributed by atoms with Crippen molar-refractivity contribution < 1.29 is 9.53 Å². The number of pyridine rings is 1. The largest absolute Gasteiger partial charge is 0.471 e. The van der Waals surface area contributed by atoms with Gasteiger partial charge in [0, 0.05) is 15.6 Å². The normalized spacial score (nSPS) is 9.33. The van der Waals surface area contributed by atoms with Crippen LogP contribution >= 0.6 is 11.3 Å². The van der Waals surface area contributed by atoms with Crippen LogP contribution in [-0.4, -0.2) is 18.6 Å². The second-order valence-corrected chi connectivity index (χ2v) is 4.91. The predicted octanol–water partition coefficient (Wildman–Crippen LogP) is 3.87. The first-order valence-corrected chi connectivity index (χ1v) is 7.51. The van der Waals surface area contributed by atoms with E-state index in [2.05, 4.69) is 21.9 Å². The van der Waals surface area contributed by atoms with Crippen LogP contribution in [0.4, 0.5) is 0 Å². The zero-order valence-corrected chi connectivity index (χ0v) is 13.4. The first kappa shape index (κ1) is 16.9. The number of methoxy groups -OCH3 is 1. The molecule has 2 aromatic heterocycles. The average molecular weight is 305 g/mol. The quantitative estimate of drug-likeness (QED) is 0.694. The summed E-state index contributed by atoms with van der Waals surface area (Å²) in [6.45, 7) is 6.40. The number of benzene rings is 1. The molecule has 3 rings (SSSR count). The van der Waals surface area contributed by atoms with Gasteiger partial charge in [-0.05, 0) is 30.0 Å². The Morgan fingerprint density at radius 1 is 1.19 bits per heavy atom. The maximum absolute atomic E-state index is 11.7. The maximum Gasteiger partial charge on any atom is 0.292 e. The minimum absolute atomic E-state index is 0.00403. The van der Waals surface area contributed by atoms with Gasteiger partial charge >= 0.3 is 0 Å². The lowest BCUT2D eigenvalue weighted by molar-refractivity contribution is -0.126. The number of H-pyrrole nitrogens is 1. The third kappa shape index (κ3) is 3.92. The van der Waals surface area contributed by atoms with Gasteiger partial charge in [-0.2, -0.15) is 0 Å². The van der Waals surface area contributed by atoms with E-state index in [1.54, 1.807) is 11.3 Å². The molecule has 0 radical (unpaired) electrons. The Morgan fingerprint density at radius 3 is 2.48 bits per heavy atom. The lowest BCUT2D eigenvalue weighted by Crippen LogP contribution is -2.04. The third-order valence-corrected chi connectivity index (χ3v) is 3.62. The highest BCUT2D eigenvalue weighted by atomic mass is 32.1. The smallest absolute Gasteiger partial charge is 0.292 e. The lowest BCUT2D eigenvalue weighted by Gasteiger charge is -2.00. The van der Waals surface area contributed by atoms with Crippen molar-refractivity contribution >= 4 is 38.8 Å². The Labute approximate surface area is 127 Å². The number of rotatable bonds is 1. The standard InChI is InChI=1S/C12H9NOS.C2H4O2.C2H6/c1-7-2-3-8-10(6-7)13-12(14)9-4-5-15-11(8)9;1-4-2-3;1-2/h2-6H,1H3,(H,13,14);2H,1H3;1-2H3. The van der Waals surface area contributed by atoms with Crippen molar-refractivity contribution in [3.63, 3.8) is 0 Å². The Hall–Kier alpha value is -2.14. The minimum Gasteiger partial charge on any atom is -0.471 e. The molecule has 0 spiro atoms. The summed E-state index contributed by atoms with van der Waals surface area (Å²) in [5, 5.41) is 3.88. The van der Waals surface area contributed by atoms with Crippen molar-refractivity contribution in [2.24, 2.45) is 0 Å². The number of carbonyl (C=O) groups excluding carboxylic acids is 1. The van der Waals surface area contributed by atoms with Crippen LogP contribution in [0.3, 0.4) is 0 Å². The molecule has 0 bridgehead atoms. The average Bonchev–Trinajstić information content (AvgIpc) is 3.00. The molecule has 0 saturated carbocycles. The van der Waals surface area contributed by atoms with Crippen molar-refractivity contribution in [1.82, 2.24) is 4.98 Å². The molecular weight excluding hydrogens is 286 g/mol. The van der Waals surface area contributed by atoms with Gasteiger partial charge in [0.15, 0.2) is 0 Å². The first-order valence-electron chi connectivity index (χ1n) is 6.63. The van der Waals surface area contributed by atoms with Crippen molar-refractivity contribution in [1.29, 1.82) is 0 Å². The molecule has 0 aliphatic carbocycles. The molecular formula is C16H19NO3S. The summed E-state index contributed by atoms with van der Waals surface area (Å²) in [7, 11) is 1.31. The van der Waals surface area contributed by atoms with Crippen LogP contribution in [0.15, 0.2) is 34.4 Å². The fourth-order valence-corrected chi connectivity index (χ4v) is 2.78. The summed E-state index contributed by atoms with van der Waals surface area (Å²) < 4.78 is 4.94. The maximum atomic E-state index is 11.7. The van der Waals surface area contributed by atoms with Crippen LogP contribution in [-0.2, 0) is 9.53 Å². The topological polar surface area (TPSA) is 59.2 Å². The zero-order valence-electron chi connectivity index (χ0n) is 12.6. The Balaban J connectivity index is 0.000000322. The highest BCUT2D eigenvalue weighted by Crippen LogP contribution is 2.26. The number of carbonyl (C=O) groups is 1. The fraction of sp³-hybridized carbons (Fsp3) is 0.250. The van der Waals surface area contributed by atoms with Gasteiger partial charge in [-0.1, -0.05) is 26.0 Å². The number of hydrogen-bond acceptors (Lipinski definition) is 4. The van der Waals surface area contributed by atoms with Crippen molar-refractivity contribution in [3.8, 4) is 0 Å². The van der Waals surface area contributed by atoms with Crippen LogP contribution in [0, 0.1) is 6.92 Å². The van der Waals surface area contributed by atoms with E-state index < -0.39 is 0 Å². The molecule has 5 heteroatoms. The molecule has 21 heavy (non-hydrogen) atoms. The number of aromatic nitrogens is 1. The first-order chi connectivity index (χ1) is 10.2. The summed E-state index contributed by atoms with van der Waals surface area (Å²) in [6, 6.07) is 8.02. The van der Waals surface area contributed by atoms with Crippen molar-refractivity contribution in [3.05, 3.63) is 45.6 Å². The van der Waals surface area contributed by atoms with Gasteiger partial charge in [-0.15, -0.1) is 11.3 Å². The summed E-state index contributed by atoms with van der Waals surface area (Å²) in [5.41, 5.74) is 2.09. The van der Waals surface area contributed by atoms with E-state index in [1.807, 2.05) is 38.3 Å². The van der Waals surface area contributed by atoms with E-state index in [9.17, 15) is 4.79 Å². The Kier molecular flexibility index (Phi) is 6.62. The SMILES string of the molecule is CC.COC=O.Cc1ccc2c(c1)[nH]c(=O)c1ccsc12. The van der Waals surface area contributed by atoms with Crippen LogP contribution in [0.5, 0.6) is 0 Å². The van der Waals surface area contributed by atoms with Crippen LogP contribution in [0.2, 0.25) is 0 Å². The van der Waals surface area contributed by atoms with Gasteiger partial charge < -0.3 is 9.72 Å². The molecule has 0 aliphatic heterocycles. The number of hydrogen-bond donors (Lipinski definition) is 1. The monoisotopic (exact) mass is 305 g/mol. The number of aryl methyl sites for hydroxylation is 1. The molecule has 0 amide bonds. The van der Waals surface area contributed by atoms with Crippen molar-refractivity contribution in [2.75, 3.05) is 7.11 Å². The van der Waals surface area contributed by atoms with Gasteiger partial charge in [0.25, 0.3) is 12.0 Å². The van der Waals surface area contributed by atoms with E-state index in [-0.39, 0.29) is 5.56 Å². The number of nitrogens with one attached hydrogen (secondary N) is 1. The molecule has 112 valence electrons. The van der Waals surface area contributed by atoms with Gasteiger partial charge in [0.2, 0.25) is 0 Å². The molecule has 0 unspecified atom stereocenters. The third-order valence-electron chi connectivity index (χ3n) is 2.67. The number of aromatic amines is 1. The van der Waals surface area contributed by atoms with E-state index in [0.717, 1.165) is 26.6 Å². The van der Waals surface area contributed by atoms with Gasteiger partial charge in [0.1, 0.15) is 0 Å². The second kappa shape index (κ2) is 8.21. The summed E-state index contributed by atoms with van der Waals surface area (Å²) in [6.07, 6.45) is 0. The molecule has 4 nitrogen and oxygen atoms in total.